The maximum Gasteiger partial charge on any atom is 0.418 e. The summed E-state index contributed by atoms with van der Waals surface area (Å²) in [6.45, 7) is -0.235. The fourth-order valence-corrected chi connectivity index (χ4v) is 3.88. The molecule has 7 nitrogen and oxygen atoms in total. The van der Waals surface area contributed by atoms with E-state index in [1.165, 1.54) is 37.1 Å². The molecule has 1 aliphatic carbocycles. The minimum absolute atomic E-state index is 0.0136. The predicted octanol–water partition coefficient (Wildman–Crippen LogP) is 5.21. The van der Waals surface area contributed by atoms with Crippen molar-refractivity contribution >= 4 is 39.0 Å². The second kappa shape index (κ2) is 9.68. The lowest BCUT2D eigenvalue weighted by atomic mass is 9.96. The van der Waals surface area contributed by atoms with Gasteiger partial charge in [-0.1, -0.05) is 15.9 Å². The third-order valence-electron chi connectivity index (χ3n) is 5.62. The third kappa shape index (κ3) is 5.81. The predicted molar refractivity (Wildman–Crippen MR) is 121 cm³/mol. The molecule has 0 unspecified atom stereocenters. The van der Waals surface area contributed by atoms with Crippen LogP contribution in [0.4, 0.5) is 28.9 Å². The van der Waals surface area contributed by atoms with Crippen molar-refractivity contribution in [1.82, 2.24) is 20.3 Å². The van der Waals surface area contributed by atoms with E-state index in [2.05, 4.69) is 41.5 Å². The van der Waals surface area contributed by atoms with E-state index in [1.54, 1.807) is 0 Å². The average Bonchev–Trinajstić information content (AvgIpc) is 3.60. The van der Waals surface area contributed by atoms with E-state index in [1.807, 2.05) is 0 Å². The summed E-state index contributed by atoms with van der Waals surface area (Å²) in [5.41, 5.74) is -1.81. The van der Waals surface area contributed by atoms with E-state index in [0.29, 0.717) is 18.4 Å². The van der Waals surface area contributed by atoms with Crippen LogP contribution in [0.3, 0.4) is 0 Å². The molecule has 1 saturated carbocycles. The Labute approximate surface area is 205 Å². The number of alkyl halides is 3. The first-order valence-corrected chi connectivity index (χ1v) is 11.2. The monoisotopic (exact) mass is 551 g/mol. The van der Waals surface area contributed by atoms with Crippen LogP contribution < -0.4 is 10.6 Å². The van der Waals surface area contributed by atoms with Gasteiger partial charge in [0.25, 0.3) is 0 Å². The molecule has 0 atom stereocenters. The van der Waals surface area contributed by atoms with E-state index in [-0.39, 0.29) is 40.3 Å². The van der Waals surface area contributed by atoms with Gasteiger partial charge in [-0.25, -0.2) is 14.4 Å². The van der Waals surface area contributed by atoms with Crippen LogP contribution in [-0.4, -0.2) is 26.6 Å². The van der Waals surface area contributed by atoms with Gasteiger partial charge in [-0.15, -0.1) is 0 Å². The number of benzene rings is 1. The summed E-state index contributed by atoms with van der Waals surface area (Å²) >= 11 is 3.01. The van der Waals surface area contributed by atoms with E-state index < -0.39 is 28.9 Å². The van der Waals surface area contributed by atoms with Crippen molar-refractivity contribution in [3.8, 4) is 0 Å². The van der Waals surface area contributed by atoms with Crippen LogP contribution in [0, 0.1) is 11.2 Å². The molecule has 4 rings (SSSR count). The highest BCUT2D eigenvalue weighted by Crippen LogP contribution is 2.49. The highest BCUT2D eigenvalue weighted by Gasteiger charge is 2.51. The Bertz CT molecular complexity index is 1270. The van der Waals surface area contributed by atoms with Gasteiger partial charge in [0, 0.05) is 29.4 Å². The Kier molecular flexibility index (Phi) is 6.84. The number of Topliss-reactive ketones (excluding diaryl/α,β-unsaturated/α-hetero) is 1. The van der Waals surface area contributed by atoms with Crippen molar-refractivity contribution in [2.45, 2.75) is 32.0 Å². The van der Waals surface area contributed by atoms with Crippen LogP contribution in [0.25, 0.3) is 0 Å². The zero-order valence-corrected chi connectivity index (χ0v) is 19.6. The molecule has 1 aromatic carbocycles. The topological polar surface area (TPSA) is 96.9 Å². The zero-order chi connectivity index (χ0) is 25.2. The standard InChI is InChI=1S/C23H18BrF4N5O2/c24-14-1-2-18(16(5-14)23(26,27)28)33-15-6-17(25)19(31-10-15)11-32-21(35)22(3-4-22)7-20(34)13-8-29-12-30-9-13/h1-2,5-6,8-10,12,33H,3-4,7,11H2,(H,32,35). The number of amides is 1. The molecular formula is C23H18BrF4N5O2. The van der Waals surface area contributed by atoms with Gasteiger partial charge in [-0.3, -0.25) is 14.6 Å². The number of ketones is 1. The van der Waals surface area contributed by atoms with Crippen LogP contribution in [0.5, 0.6) is 0 Å². The number of nitrogens with zero attached hydrogens (tertiary/aromatic N) is 3. The Morgan fingerprint density at radius 2 is 1.80 bits per heavy atom. The largest absolute Gasteiger partial charge is 0.418 e. The summed E-state index contributed by atoms with van der Waals surface area (Å²) < 4.78 is 54.8. The van der Waals surface area contributed by atoms with Gasteiger partial charge in [-0.05, 0) is 31.0 Å². The van der Waals surface area contributed by atoms with Gasteiger partial charge in [-0.2, -0.15) is 13.2 Å². The lowest BCUT2D eigenvalue weighted by Gasteiger charge is -2.16. The van der Waals surface area contributed by atoms with E-state index in [9.17, 15) is 27.2 Å². The maximum absolute atomic E-state index is 14.6. The van der Waals surface area contributed by atoms with Gasteiger partial charge in [0.1, 0.15) is 12.1 Å². The van der Waals surface area contributed by atoms with Gasteiger partial charge in [0.05, 0.1) is 46.4 Å². The molecule has 182 valence electrons. The SMILES string of the molecule is O=C(CC1(C(=O)NCc2ncc(Nc3ccc(Br)cc3C(F)(F)F)cc2F)CC1)c1cncnc1. The second-order valence-electron chi connectivity index (χ2n) is 8.16. The van der Waals surface area contributed by atoms with Crippen molar-refractivity contribution in [1.29, 1.82) is 0 Å². The van der Waals surface area contributed by atoms with E-state index >= 15 is 0 Å². The first-order chi connectivity index (χ1) is 16.6. The molecule has 2 heterocycles. The number of aromatic nitrogens is 3. The molecule has 12 heteroatoms. The Hall–Kier alpha value is -3.41. The molecule has 0 aliphatic heterocycles. The van der Waals surface area contributed by atoms with Crippen molar-refractivity contribution in [2.24, 2.45) is 5.41 Å². The summed E-state index contributed by atoms with van der Waals surface area (Å²) in [7, 11) is 0. The Balaban J connectivity index is 1.39. The number of rotatable bonds is 8. The molecule has 2 N–H and O–H groups in total. The number of carbonyl (C=O) groups is 2. The van der Waals surface area contributed by atoms with Gasteiger partial charge in [0.2, 0.25) is 5.91 Å². The molecule has 0 saturated heterocycles. The molecule has 0 spiro atoms. The van der Waals surface area contributed by atoms with E-state index in [4.69, 9.17) is 0 Å². The van der Waals surface area contributed by atoms with Crippen molar-refractivity contribution in [3.63, 3.8) is 0 Å². The number of nitrogens with one attached hydrogen (secondary N) is 2. The molecule has 1 fully saturated rings. The van der Waals surface area contributed by atoms with Crippen molar-refractivity contribution in [3.05, 3.63) is 76.3 Å². The number of halogens is 5. The van der Waals surface area contributed by atoms with Crippen LogP contribution >= 0.6 is 15.9 Å². The van der Waals surface area contributed by atoms with Gasteiger partial charge < -0.3 is 10.6 Å². The second-order valence-corrected chi connectivity index (χ2v) is 9.07. The quantitative estimate of drug-likeness (QED) is 0.295. The minimum atomic E-state index is -4.62. The van der Waals surface area contributed by atoms with Crippen LogP contribution in [0.1, 0.15) is 40.9 Å². The normalized spacial score (nSPS) is 14.3. The van der Waals surface area contributed by atoms with Crippen LogP contribution in [0.15, 0.2) is 53.7 Å². The molecular weight excluding hydrogens is 534 g/mol. The minimum Gasteiger partial charge on any atom is -0.354 e. The third-order valence-corrected chi connectivity index (χ3v) is 6.11. The van der Waals surface area contributed by atoms with Crippen molar-refractivity contribution < 1.29 is 27.2 Å². The van der Waals surface area contributed by atoms with E-state index in [0.717, 1.165) is 12.1 Å². The maximum atomic E-state index is 14.6. The Morgan fingerprint density at radius 3 is 2.43 bits per heavy atom. The summed E-state index contributed by atoms with van der Waals surface area (Å²) in [6.07, 6.45) is 1.65. The number of pyridine rings is 1. The van der Waals surface area contributed by atoms with Crippen molar-refractivity contribution in [2.75, 3.05) is 5.32 Å². The first kappa shape index (κ1) is 24.7. The highest BCUT2D eigenvalue weighted by molar-refractivity contribution is 9.10. The average molecular weight is 552 g/mol. The van der Waals surface area contributed by atoms with Crippen LogP contribution in [0.2, 0.25) is 0 Å². The smallest absolute Gasteiger partial charge is 0.354 e. The molecule has 1 aliphatic rings. The molecule has 3 aromatic rings. The zero-order valence-electron chi connectivity index (χ0n) is 18.0. The molecule has 2 aromatic heterocycles. The van der Waals surface area contributed by atoms with Gasteiger partial charge >= 0.3 is 6.18 Å². The summed E-state index contributed by atoms with van der Waals surface area (Å²) in [6, 6.07) is 4.56. The number of hydrogen-bond acceptors (Lipinski definition) is 6. The molecule has 0 bridgehead atoms. The molecule has 1 amide bonds. The molecule has 35 heavy (non-hydrogen) atoms. The van der Waals surface area contributed by atoms with Gasteiger partial charge in [0.15, 0.2) is 5.78 Å². The molecule has 0 radical (unpaired) electrons. The number of hydrogen-bond donors (Lipinski definition) is 2. The highest BCUT2D eigenvalue weighted by atomic mass is 79.9. The summed E-state index contributed by atoms with van der Waals surface area (Å²) in [4.78, 5) is 36.6. The Morgan fingerprint density at radius 1 is 1.09 bits per heavy atom. The summed E-state index contributed by atoms with van der Waals surface area (Å²) in [5.74, 6) is -1.46. The number of anilines is 2. The summed E-state index contributed by atoms with van der Waals surface area (Å²) in [5, 5.41) is 5.14. The fraction of sp³-hybridized carbons (Fsp3) is 0.261. The first-order valence-electron chi connectivity index (χ1n) is 10.4. The van der Waals surface area contributed by atoms with Crippen LogP contribution in [-0.2, 0) is 17.5 Å². The fourth-order valence-electron chi connectivity index (χ4n) is 3.52. The lowest BCUT2D eigenvalue weighted by molar-refractivity contribution is -0.137. The lowest BCUT2D eigenvalue weighted by Crippen LogP contribution is -2.33. The number of carbonyl (C=O) groups excluding carboxylic acids is 2.